The summed E-state index contributed by atoms with van der Waals surface area (Å²) < 4.78 is 5.89. The van der Waals surface area contributed by atoms with Crippen LogP contribution in [-0.2, 0) is 6.42 Å². The fourth-order valence-electron chi connectivity index (χ4n) is 1.70. The Bertz CT molecular complexity index is 578. The number of carbonyl (C=O) groups is 1. The van der Waals surface area contributed by atoms with Crippen molar-refractivity contribution in [1.29, 1.82) is 0 Å². The van der Waals surface area contributed by atoms with Crippen LogP contribution < -0.4 is 5.32 Å². The molecule has 1 heterocycles. The van der Waals surface area contributed by atoms with Crippen LogP contribution in [0.25, 0.3) is 0 Å². The lowest BCUT2D eigenvalue weighted by molar-refractivity contribution is 0.102. The zero-order valence-corrected chi connectivity index (χ0v) is 11.7. The molecule has 2 aromatic rings. The third kappa shape index (κ3) is 2.46. The number of nitrogens with one attached hydrogen (secondary N) is 1. The van der Waals surface area contributed by atoms with Crippen molar-refractivity contribution in [2.45, 2.75) is 20.3 Å². The second-order valence-electron chi connectivity index (χ2n) is 3.85. The molecule has 0 aliphatic rings. The van der Waals surface area contributed by atoms with E-state index in [0.717, 1.165) is 10.2 Å². The van der Waals surface area contributed by atoms with Gasteiger partial charge in [0.15, 0.2) is 0 Å². The van der Waals surface area contributed by atoms with Gasteiger partial charge in [-0.3, -0.25) is 4.79 Å². The van der Waals surface area contributed by atoms with Gasteiger partial charge in [-0.25, -0.2) is 0 Å². The van der Waals surface area contributed by atoms with Crippen LogP contribution in [0.3, 0.4) is 0 Å². The first kappa shape index (κ1) is 12.8. The number of aryl methyl sites for hydroxylation is 2. The zero-order chi connectivity index (χ0) is 13.1. The van der Waals surface area contributed by atoms with E-state index in [4.69, 9.17) is 4.52 Å². The third-order valence-electron chi connectivity index (χ3n) is 2.62. The van der Waals surface area contributed by atoms with Crippen LogP contribution in [0.2, 0.25) is 0 Å². The number of hydrogen-bond acceptors (Lipinski definition) is 3. The molecule has 0 spiro atoms. The molecule has 0 saturated heterocycles. The molecule has 0 saturated carbocycles. The Balaban J connectivity index is 2.28. The number of halogens is 1. The smallest absolute Gasteiger partial charge is 0.261 e. The summed E-state index contributed by atoms with van der Waals surface area (Å²) in [6.45, 7) is 3.67. The van der Waals surface area contributed by atoms with Gasteiger partial charge in [0.05, 0.1) is 11.4 Å². The Morgan fingerprint density at radius 2 is 2.17 bits per heavy atom. The topological polar surface area (TPSA) is 55.1 Å². The summed E-state index contributed by atoms with van der Waals surface area (Å²) in [6, 6.07) is 7.46. The molecule has 18 heavy (non-hydrogen) atoms. The third-order valence-corrected chi connectivity index (χ3v) is 3.31. The van der Waals surface area contributed by atoms with Crippen LogP contribution in [0.4, 0.5) is 5.69 Å². The first-order valence-corrected chi connectivity index (χ1v) is 6.43. The van der Waals surface area contributed by atoms with Crippen LogP contribution in [0.15, 0.2) is 33.3 Å². The number of aromatic nitrogens is 1. The van der Waals surface area contributed by atoms with Crippen molar-refractivity contribution < 1.29 is 9.32 Å². The Labute approximate surface area is 113 Å². The van der Waals surface area contributed by atoms with Gasteiger partial charge in [-0.05, 0) is 41.4 Å². The van der Waals surface area contributed by atoms with E-state index in [9.17, 15) is 4.79 Å². The number of nitrogens with zero attached hydrogens (tertiary/aromatic N) is 1. The summed E-state index contributed by atoms with van der Waals surface area (Å²) in [5.41, 5.74) is 1.93. The molecular formula is C13H13BrN2O2. The van der Waals surface area contributed by atoms with Gasteiger partial charge >= 0.3 is 0 Å². The van der Waals surface area contributed by atoms with E-state index in [2.05, 4.69) is 26.4 Å². The van der Waals surface area contributed by atoms with Crippen molar-refractivity contribution in [1.82, 2.24) is 5.16 Å². The summed E-state index contributed by atoms with van der Waals surface area (Å²) in [6.07, 6.45) is 0.663. The van der Waals surface area contributed by atoms with Gasteiger partial charge in [-0.1, -0.05) is 24.2 Å². The van der Waals surface area contributed by atoms with Gasteiger partial charge < -0.3 is 9.84 Å². The Morgan fingerprint density at radius 3 is 2.83 bits per heavy atom. The molecule has 0 atom stereocenters. The second-order valence-corrected chi connectivity index (χ2v) is 4.70. The minimum atomic E-state index is -0.197. The molecule has 5 heteroatoms. The lowest BCUT2D eigenvalue weighted by Crippen LogP contribution is -2.14. The van der Waals surface area contributed by atoms with Gasteiger partial charge in [0.2, 0.25) is 0 Å². The van der Waals surface area contributed by atoms with Gasteiger partial charge in [-0.2, -0.15) is 0 Å². The summed E-state index contributed by atoms with van der Waals surface area (Å²) in [4.78, 5) is 12.2. The fraction of sp³-hybridized carbons (Fsp3) is 0.231. The first-order chi connectivity index (χ1) is 8.63. The van der Waals surface area contributed by atoms with Crippen molar-refractivity contribution in [3.05, 3.63) is 45.8 Å². The maximum Gasteiger partial charge on any atom is 0.261 e. The van der Waals surface area contributed by atoms with Crippen molar-refractivity contribution in [3.8, 4) is 0 Å². The predicted molar refractivity (Wildman–Crippen MR) is 72.7 cm³/mol. The number of carbonyl (C=O) groups excluding carboxylic acids is 1. The SMILES string of the molecule is CCc1noc(C)c1C(=O)Nc1ccccc1Br. The maximum atomic E-state index is 12.2. The van der Waals surface area contributed by atoms with Gasteiger partial charge in [0, 0.05) is 4.47 Å². The molecule has 1 N–H and O–H groups in total. The average Bonchev–Trinajstić information content (AvgIpc) is 2.73. The molecule has 4 nitrogen and oxygen atoms in total. The predicted octanol–water partition coefficient (Wildman–Crippen LogP) is 3.56. The van der Waals surface area contributed by atoms with Crippen LogP contribution in [-0.4, -0.2) is 11.1 Å². The molecule has 0 fully saturated rings. The molecule has 1 aromatic heterocycles. The van der Waals surface area contributed by atoms with Gasteiger partial charge in [0.25, 0.3) is 5.91 Å². The Morgan fingerprint density at radius 1 is 1.44 bits per heavy atom. The average molecular weight is 309 g/mol. The van der Waals surface area contributed by atoms with Crippen LogP contribution in [0.5, 0.6) is 0 Å². The van der Waals surface area contributed by atoms with E-state index in [-0.39, 0.29) is 5.91 Å². The van der Waals surface area contributed by atoms with Gasteiger partial charge in [0.1, 0.15) is 11.3 Å². The zero-order valence-electron chi connectivity index (χ0n) is 10.2. The number of para-hydroxylation sites is 1. The van der Waals surface area contributed by atoms with E-state index in [1.54, 1.807) is 6.92 Å². The normalized spacial score (nSPS) is 10.4. The number of hydrogen-bond donors (Lipinski definition) is 1. The van der Waals surface area contributed by atoms with Crippen LogP contribution >= 0.6 is 15.9 Å². The molecule has 0 radical (unpaired) electrons. The molecular weight excluding hydrogens is 296 g/mol. The minimum absolute atomic E-state index is 0.197. The summed E-state index contributed by atoms with van der Waals surface area (Å²) in [7, 11) is 0. The molecule has 2 rings (SSSR count). The Hall–Kier alpha value is -1.62. The molecule has 0 bridgehead atoms. The lowest BCUT2D eigenvalue weighted by Gasteiger charge is -2.06. The summed E-state index contributed by atoms with van der Waals surface area (Å²) >= 11 is 3.39. The minimum Gasteiger partial charge on any atom is -0.361 e. The van der Waals surface area contributed by atoms with E-state index in [1.807, 2.05) is 31.2 Å². The molecule has 1 amide bonds. The lowest BCUT2D eigenvalue weighted by atomic mass is 10.1. The standard InChI is InChI=1S/C13H13BrN2O2/c1-3-10-12(8(2)18-16-10)13(17)15-11-7-5-4-6-9(11)14/h4-7H,3H2,1-2H3,(H,15,17). The fourth-order valence-corrected chi connectivity index (χ4v) is 2.08. The van der Waals surface area contributed by atoms with Crippen LogP contribution in [0, 0.1) is 6.92 Å². The largest absolute Gasteiger partial charge is 0.361 e. The highest BCUT2D eigenvalue weighted by molar-refractivity contribution is 9.10. The van der Waals surface area contributed by atoms with Crippen molar-refractivity contribution in [2.24, 2.45) is 0 Å². The number of amides is 1. The van der Waals surface area contributed by atoms with E-state index in [1.165, 1.54) is 0 Å². The summed E-state index contributed by atoms with van der Waals surface area (Å²) in [5.74, 6) is 0.342. The van der Waals surface area contributed by atoms with Crippen molar-refractivity contribution in [2.75, 3.05) is 5.32 Å². The molecule has 94 valence electrons. The summed E-state index contributed by atoms with van der Waals surface area (Å²) in [5, 5.41) is 6.71. The maximum absolute atomic E-state index is 12.2. The van der Waals surface area contributed by atoms with E-state index in [0.29, 0.717) is 23.4 Å². The van der Waals surface area contributed by atoms with Crippen molar-refractivity contribution in [3.63, 3.8) is 0 Å². The second kappa shape index (κ2) is 5.35. The van der Waals surface area contributed by atoms with E-state index < -0.39 is 0 Å². The number of benzene rings is 1. The number of rotatable bonds is 3. The quantitative estimate of drug-likeness (QED) is 0.943. The highest BCUT2D eigenvalue weighted by Crippen LogP contribution is 2.23. The Kier molecular flexibility index (Phi) is 3.81. The monoisotopic (exact) mass is 308 g/mol. The first-order valence-electron chi connectivity index (χ1n) is 5.64. The number of anilines is 1. The highest BCUT2D eigenvalue weighted by Gasteiger charge is 2.19. The molecule has 0 aliphatic carbocycles. The van der Waals surface area contributed by atoms with E-state index >= 15 is 0 Å². The van der Waals surface area contributed by atoms with Gasteiger partial charge in [-0.15, -0.1) is 0 Å². The van der Waals surface area contributed by atoms with Crippen LogP contribution in [0.1, 0.15) is 28.7 Å². The molecule has 0 unspecified atom stereocenters. The highest BCUT2D eigenvalue weighted by atomic mass is 79.9. The molecule has 1 aromatic carbocycles. The van der Waals surface area contributed by atoms with Crippen molar-refractivity contribution >= 4 is 27.5 Å². The molecule has 0 aliphatic heterocycles.